The Morgan fingerprint density at radius 3 is 2.65 bits per heavy atom. The molecule has 0 bridgehead atoms. The van der Waals surface area contributed by atoms with Crippen molar-refractivity contribution in [3.8, 4) is 11.1 Å². The van der Waals surface area contributed by atoms with E-state index in [1.807, 2.05) is 0 Å². The average molecular weight is 371 g/mol. The quantitative estimate of drug-likeness (QED) is 0.663. The summed E-state index contributed by atoms with van der Waals surface area (Å²) in [7, 11) is 0. The highest BCUT2D eigenvalue weighted by Crippen LogP contribution is 2.37. The van der Waals surface area contributed by atoms with Gasteiger partial charge in [-0.2, -0.15) is 0 Å². The number of amides is 1. The molecule has 2 aliphatic rings. The van der Waals surface area contributed by atoms with Gasteiger partial charge in [0.05, 0.1) is 0 Å². The lowest BCUT2D eigenvalue weighted by Gasteiger charge is -2.15. The first-order chi connectivity index (χ1) is 12.2. The van der Waals surface area contributed by atoms with Gasteiger partial charge in [-0.1, -0.05) is 42.5 Å². The molecule has 4 rings (SSSR count). The van der Waals surface area contributed by atoms with Crippen LogP contribution in [-0.2, 0) is 17.6 Å². The molecule has 0 saturated heterocycles. The van der Waals surface area contributed by atoms with Crippen molar-refractivity contribution in [2.24, 2.45) is 11.7 Å². The maximum Gasteiger partial charge on any atom is 0.220 e. The second kappa shape index (κ2) is 8.24. The summed E-state index contributed by atoms with van der Waals surface area (Å²) in [5, 5.41) is 3.11. The van der Waals surface area contributed by atoms with Crippen LogP contribution in [0, 0.1) is 5.92 Å². The summed E-state index contributed by atoms with van der Waals surface area (Å²) >= 11 is 0. The minimum atomic E-state index is 0. The second-order valence-corrected chi connectivity index (χ2v) is 7.43. The third-order valence-corrected chi connectivity index (χ3v) is 5.52. The van der Waals surface area contributed by atoms with Gasteiger partial charge in [-0.05, 0) is 65.8 Å². The fraction of sp³-hybridized carbons (Fsp3) is 0.409. The number of hydrogen-bond donors (Lipinski definition) is 2. The molecule has 1 amide bonds. The molecule has 2 aliphatic carbocycles. The molecule has 0 spiro atoms. The number of rotatable bonds is 7. The van der Waals surface area contributed by atoms with Gasteiger partial charge in [0.15, 0.2) is 0 Å². The number of halogens is 1. The normalized spacial score (nSPS) is 15.6. The molecule has 3 N–H and O–H groups in total. The van der Waals surface area contributed by atoms with Gasteiger partial charge in [-0.25, -0.2) is 0 Å². The predicted octanol–water partition coefficient (Wildman–Crippen LogP) is 3.86. The number of benzene rings is 2. The largest absolute Gasteiger partial charge is 0.352 e. The van der Waals surface area contributed by atoms with Crippen LogP contribution in [0.4, 0.5) is 0 Å². The van der Waals surface area contributed by atoms with Crippen LogP contribution in [-0.4, -0.2) is 18.5 Å². The van der Waals surface area contributed by atoms with Gasteiger partial charge in [0.1, 0.15) is 0 Å². The fourth-order valence-electron chi connectivity index (χ4n) is 3.93. The topological polar surface area (TPSA) is 55.1 Å². The Kier molecular flexibility index (Phi) is 6.00. The lowest BCUT2D eigenvalue weighted by Crippen LogP contribution is -2.41. The first-order valence-electron chi connectivity index (χ1n) is 9.44. The number of fused-ring (bicyclic) bond motifs is 3. The van der Waals surface area contributed by atoms with Gasteiger partial charge >= 0.3 is 0 Å². The SMILES string of the molecule is Cl.NCC(NC(=O)CCCc1ccc2c(c1)-c1ccccc1C2)C1CC1. The Balaban J connectivity index is 0.00000196. The summed E-state index contributed by atoms with van der Waals surface area (Å²) in [5.74, 6) is 0.764. The molecule has 1 fully saturated rings. The highest BCUT2D eigenvalue weighted by Gasteiger charge is 2.31. The monoisotopic (exact) mass is 370 g/mol. The zero-order valence-electron chi connectivity index (χ0n) is 15.0. The standard InChI is InChI=1S/C22H26N2O.ClH/c23-14-21(16-10-11-16)24-22(25)7-3-4-15-8-9-18-13-17-5-1-2-6-19(17)20(18)12-15;/h1-2,5-6,8-9,12,16,21H,3-4,7,10-11,13-14,23H2,(H,24,25);1H. The molecule has 138 valence electrons. The summed E-state index contributed by atoms with van der Waals surface area (Å²) in [6, 6.07) is 15.6. The van der Waals surface area contributed by atoms with Crippen LogP contribution < -0.4 is 11.1 Å². The maximum absolute atomic E-state index is 12.1. The Labute approximate surface area is 161 Å². The highest BCUT2D eigenvalue weighted by atomic mass is 35.5. The lowest BCUT2D eigenvalue weighted by molar-refractivity contribution is -0.122. The number of carbonyl (C=O) groups excluding carboxylic acids is 1. The first-order valence-corrected chi connectivity index (χ1v) is 9.44. The lowest BCUT2D eigenvalue weighted by atomic mass is 10.00. The van der Waals surface area contributed by atoms with Crippen molar-refractivity contribution in [1.82, 2.24) is 5.32 Å². The summed E-state index contributed by atoms with van der Waals surface area (Å²) in [6.07, 6.45) is 5.86. The van der Waals surface area contributed by atoms with E-state index < -0.39 is 0 Å². The van der Waals surface area contributed by atoms with Crippen molar-refractivity contribution >= 4 is 18.3 Å². The summed E-state index contributed by atoms with van der Waals surface area (Å²) in [6.45, 7) is 0.556. The van der Waals surface area contributed by atoms with Crippen molar-refractivity contribution in [2.45, 2.75) is 44.6 Å². The number of hydrogen-bond acceptors (Lipinski definition) is 2. The molecule has 26 heavy (non-hydrogen) atoms. The highest BCUT2D eigenvalue weighted by molar-refractivity contribution is 5.85. The molecule has 2 aromatic carbocycles. The smallest absolute Gasteiger partial charge is 0.220 e. The minimum Gasteiger partial charge on any atom is -0.352 e. The molecule has 0 aliphatic heterocycles. The van der Waals surface area contributed by atoms with Crippen LogP contribution in [0.3, 0.4) is 0 Å². The molecule has 2 aromatic rings. The third kappa shape index (κ3) is 4.11. The Morgan fingerprint density at radius 2 is 1.88 bits per heavy atom. The van der Waals surface area contributed by atoms with E-state index in [9.17, 15) is 4.79 Å². The van der Waals surface area contributed by atoms with Gasteiger partial charge in [-0.3, -0.25) is 4.79 Å². The molecule has 0 heterocycles. The van der Waals surface area contributed by atoms with Crippen molar-refractivity contribution in [3.05, 3.63) is 59.2 Å². The molecule has 1 unspecified atom stereocenters. The van der Waals surface area contributed by atoms with Crippen molar-refractivity contribution in [1.29, 1.82) is 0 Å². The van der Waals surface area contributed by atoms with Crippen molar-refractivity contribution in [2.75, 3.05) is 6.54 Å². The number of nitrogens with one attached hydrogen (secondary N) is 1. The van der Waals surface area contributed by atoms with Gasteiger partial charge in [0.2, 0.25) is 5.91 Å². The van der Waals surface area contributed by atoms with Crippen LogP contribution in [0.1, 0.15) is 42.4 Å². The summed E-state index contributed by atoms with van der Waals surface area (Å²) in [5.41, 5.74) is 12.6. The van der Waals surface area contributed by atoms with Gasteiger partial charge in [-0.15, -0.1) is 12.4 Å². The zero-order valence-corrected chi connectivity index (χ0v) is 15.9. The molecule has 0 radical (unpaired) electrons. The van der Waals surface area contributed by atoms with Crippen LogP contribution in [0.2, 0.25) is 0 Å². The molecular formula is C22H27ClN2O. The Hall–Kier alpha value is -1.84. The number of aryl methyl sites for hydroxylation is 1. The van der Waals surface area contributed by atoms with Gasteiger partial charge in [0.25, 0.3) is 0 Å². The number of carbonyl (C=O) groups is 1. The van der Waals surface area contributed by atoms with Crippen molar-refractivity contribution < 1.29 is 4.79 Å². The van der Waals surface area contributed by atoms with E-state index in [0.717, 1.165) is 19.3 Å². The molecule has 1 saturated carbocycles. The predicted molar refractivity (Wildman–Crippen MR) is 109 cm³/mol. The molecule has 3 nitrogen and oxygen atoms in total. The van der Waals surface area contributed by atoms with E-state index in [4.69, 9.17) is 5.73 Å². The van der Waals surface area contributed by atoms with Gasteiger partial charge < -0.3 is 11.1 Å². The van der Waals surface area contributed by atoms with E-state index in [-0.39, 0.29) is 24.4 Å². The van der Waals surface area contributed by atoms with Crippen LogP contribution in [0.15, 0.2) is 42.5 Å². The van der Waals surface area contributed by atoms with E-state index in [2.05, 4.69) is 47.8 Å². The van der Waals surface area contributed by atoms with Crippen molar-refractivity contribution in [3.63, 3.8) is 0 Å². The summed E-state index contributed by atoms with van der Waals surface area (Å²) < 4.78 is 0. The maximum atomic E-state index is 12.1. The van der Waals surface area contributed by atoms with E-state index in [1.165, 1.54) is 40.7 Å². The first kappa shape index (κ1) is 18.9. The molecule has 1 atom stereocenters. The van der Waals surface area contributed by atoms with Crippen LogP contribution in [0.25, 0.3) is 11.1 Å². The fourth-order valence-corrected chi connectivity index (χ4v) is 3.93. The minimum absolute atomic E-state index is 0. The third-order valence-electron chi connectivity index (χ3n) is 5.52. The van der Waals surface area contributed by atoms with E-state index in [0.29, 0.717) is 18.9 Å². The average Bonchev–Trinajstić information content (AvgIpc) is 3.40. The number of nitrogens with two attached hydrogens (primary N) is 1. The molecular weight excluding hydrogens is 344 g/mol. The summed E-state index contributed by atoms with van der Waals surface area (Å²) in [4.78, 5) is 12.1. The van der Waals surface area contributed by atoms with Gasteiger partial charge in [0, 0.05) is 19.0 Å². The molecule has 0 aromatic heterocycles. The second-order valence-electron chi connectivity index (χ2n) is 7.43. The van der Waals surface area contributed by atoms with Crippen LogP contribution >= 0.6 is 12.4 Å². The Bertz CT molecular complexity index is 785. The van der Waals surface area contributed by atoms with Crippen LogP contribution in [0.5, 0.6) is 0 Å². The van der Waals surface area contributed by atoms with E-state index in [1.54, 1.807) is 0 Å². The zero-order chi connectivity index (χ0) is 17.2. The molecule has 4 heteroatoms. The van der Waals surface area contributed by atoms with E-state index >= 15 is 0 Å². The Morgan fingerprint density at radius 1 is 1.12 bits per heavy atom.